The van der Waals surface area contributed by atoms with Crippen molar-refractivity contribution in [3.8, 4) is 0 Å². The van der Waals surface area contributed by atoms with Gasteiger partial charge in [-0.2, -0.15) is 0 Å². The Hall–Kier alpha value is -2.64. The SMILES string of the molecule is CC(OC(=O)c1cc(Cl)ccc1Cl)C(=O)Nc1ccc([N+](=O)[O-])cc1. The normalized spacial score (nSPS) is 11.5. The zero-order valence-corrected chi connectivity index (χ0v) is 14.4. The van der Waals surface area contributed by atoms with Gasteiger partial charge in [0.1, 0.15) is 0 Å². The number of amides is 1. The number of halogens is 2. The lowest BCUT2D eigenvalue weighted by Crippen LogP contribution is -2.30. The molecule has 0 heterocycles. The van der Waals surface area contributed by atoms with Gasteiger partial charge in [0.05, 0.1) is 15.5 Å². The summed E-state index contributed by atoms with van der Waals surface area (Å²) in [5.74, 6) is -1.39. The summed E-state index contributed by atoms with van der Waals surface area (Å²) in [7, 11) is 0. The van der Waals surface area contributed by atoms with Crippen LogP contribution in [0.3, 0.4) is 0 Å². The first-order chi connectivity index (χ1) is 11.8. The Morgan fingerprint density at radius 1 is 1.16 bits per heavy atom. The Morgan fingerprint density at radius 2 is 1.80 bits per heavy atom. The van der Waals surface area contributed by atoms with Crippen molar-refractivity contribution in [1.82, 2.24) is 0 Å². The van der Waals surface area contributed by atoms with Crippen molar-refractivity contribution in [3.05, 3.63) is 68.2 Å². The van der Waals surface area contributed by atoms with Crippen LogP contribution in [-0.2, 0) is 9.53 Å². The van der Waals surface area contributed by atoms with Gasteiger partial charge in [-0.25, -0.2) is 4.79 Å². The number of nitrogens with zero attached hydrogens (tertiary/aromatic N) is 1. The molecule has 0 aliphatic carbocycles. The maximum Gasteiger partial charge on any atom is 0.340 e. The van der Waals surface area contributed by atoms with Gasteiger partial charge in [-0.15, -0.1) is 0 Å². The zero-order valence-electron chi connectivity index (χ0n) is 12.9. The number of hydrogen-bond donors (Lipinski definition) is 1. The number of nitro groups is 1. The van der Waals surface area contributed by atoms with Crippen molar-refractivity contribution in [1.29, 1.82) is 0 Å². The number of rotatable bonds is 5. The molecule has 1 atom stereocenters. The number of carbonyl (C=O) groups is 2. The highest BCUT2D eigenvalue weighted by Crippen LogP contribution is 2.22. The van der Waals surface area contributed by atoms with Crippen LogP contribution in [0.5, 0.6) is 0 Å². The molecule has 0 saturated heterocycles. The Morgan fingerprint density at radius 3 is 2.40 bits per heavy atom. The lowest BCUT2D eigenvalue weighted by atomic mass is 10.2. The van der Waals surface area contributed by atoms with Gasteiger partial charge < -0.3 is 10.1 Å². The Bertz CT molecular complexity index is 824. The molecule has 130 valence electrons. The summed E-state index contributed by atoms with van der Waals surface area (Å²) in [6, 6.07) is 9.55. The standard InChI is InChI=1S/C16H12Cl2N2O5/c1-9(25-16(22)13-8-10(17)2-7-14(13)18)15(21)19-11-3-5-12(6-4-11)20(23)24/h2-9H,1H3,(H,19,21). The topological polar surface area (TPSA) is 98.5 Å². The molecule has 0 aliphatic heterocycles. The molecular formula is C16H12Cl2N2O5. The van der Waals surface area contributed by atoms with Crippen molar-refractivity contribution in [2.45, 2.75) is 13.0 Å². The van der Waals surface area contributed by atoms with Gasteiger partial charge in [0.15, 0.2) is 6.10 Å². The number of ether oxygens (including phenoxy) is 1. The molecule has 1 unspecified atom stereocenters. The summed E-state index contributed by atoms with van der Waals surface area (Å²) < 4.78 is 5.07. The molecule has 0 fully saturated rings. The molecule has 0 bridgehead atoms. The molecule has 2 rings (SSSR count). The Labute approximate surface area is 152 Å². The second-order valence-electron chi connectivity index (χ2n) is 4.96. The minimum atomic E-state index is -1.11. The highest BCUT2D eigenvalue weighted by molar-refractivity contribution is 6.35. The summed E-state index contributed by atoms with van der Waals surface area (Å²) in [4.78, 5) is 34.2. The quantitative estimate of drug-likeness (QED) is 0.477. The molecule has 0 aliphatic rings. The van der Waals surface area contributed by atoms with Crippen molar-refractivity contribution in [2.24, 2.45) is 0 Å². The predicted octanol–water partition coefficient (Wildman–Crippen LogP) is 4.09. The monoisotopic (exact) mass is 382 g/mol. The van der Waals surface area contributed by atoms with Crippen LogP contribution >= 0.6 is 23.2 Å². The lowest BCUT2D eigenvalue weighted by molar-refractivity contribution is -0.384. The maximum atomic E-state index is 12.1. The molecule has 0 spiro atoms. The van der Waals surface area contributed by atoms with E-state index in [0.29, 0.717) is 10.7 Å². The highest BCUT2D eigenvalue weighted by Gasteiger charge is 2.21. The van der Waals surface area contributed by atoms with Gasteiger partial charge in [0.2, 0.25) is 0 Å². The fourth-order valence-corrected chi connectivity index (χ4v) is 2.21. The van der Waals surface area contributed by atoms with Crippen molar-refractivity contribution >= 4 is 46.5 Å². The summed E-state index contributed by atoms with van der Waals surface area (Å²) in [5.41, 5.74) is 0.275. The molecule has 1 N–H and O–H groups in total. The van der Waals surface area contributed by atoms with Crippen molar-refractivity contribution in [2.75, 3.05) is 5.32 Å². The number of carbonyl (C=O) groups excluding carboxylic acids is 2. The average molecular weight is 383 g/mol. The minimum Gasteiger partial charge on any atom is -0.449 e. The van der Waals surface area contributed by atoms with Crippen LogP contribution in [0, 0.1) is 10.1 Å². The van der Waals surface area contributed by atoms with Crippen molar-refractivity contribution < 1.29 is 19.2 Å². The van der Waals surface area contributed by atoms with E-state index in [4.69, 9.17) is 27.9 Å². The predicted molar refractivity (Wildman–Crippen MR) is 93.1 cm³/mol. The van der Waals surface area contributed by atoms with Gasteiger partial charge in [-0.1, -0.05) is 23.2 Å². The number of benzene rings is 2. The molecule has 2 aromatic rings. The van der Waals surface area contributed by atoms with E-state index in [1.165, 1.54) is 49.4 Å². The van der Waals surface area contributed by atoms with Gasteiger partial charge in [-0.05, 0) is 37.3 Å². The zero-order chi connectivity index (χ0) is 18.6. The van der Waals surface area contributed by atoms with E-state index in [0.717, 1.165) is 0 Å². The van der Waals surface area contributed by atoms with Crippen LogP contribution in [0.15, 0.2) is 42.5 Å². The van der Waals surface area contributed by atoms with Gasteiger partial charge in [0, 0.05) is 22.8 Å². The van der Waals surface area contributed by atoms with Crippen LogP contribution in [-0.4, -0.2) is 22.9 Å². The van der Waals surface area contributed by atoms with E-state index >= 15 is 0 Å². The Kier molecular flexibility index (Phi) is 5.95. The number of non-ortho nitro benzene ring substituents is 1. The second kappa shape index (κ2) is 7.96. The minimum absolute atomic E-state index is 0.0455. The van der Waals surface area contributed by atoms with E-state index in [2.05, 4.69) is 5.32 Å². The van der Waals surface area contributed by atoms with E-state index < -0.39 is 22.9 Å². The van der Waals surface area contributed by atoms with Crippen LogP contribution in [0.25, 0.3) is 0 Å². The first kappa shape index (κ1) is 18.7. The van der Waals surface area contributed by atoms with Crippen molar-refractivity contribution in [3.63, 3.8) is 0 Å². The van der Waals surface area contributed by atoms with Gasteiger partial charge >= 0.3 is 5.97 Å². The molecular weight excluding hydrogens is 371 g/mol. The van der Waals surface area contributed by atoms with E-state index in [1.54, 1.807) is 0 Å². The first-order valence-corrected chi connectivity index (χ1v) is 7.75. The summed E-state index contributed by atoms with van der Waals surface area (Å²) in [6.45, 7) is 1.39. The first-order valence-electron chi connectivity index (χ1n) is 6.99. The fourth-order valence-electron chi connectivity index (χ4n) is 1.84. The van der Waals surface area contributed by atoms with Gasteiger partial charge in [0.25, 0.3) is 11.6 Å². The number of nitrogens with one attached hydrogen (secondary N) is 1. The molecule has 2 aromatic carbocycles. The number of nitro benzene ring substituents is 1. The van der Waals surface area contributed by atoms with Crippen LogP contribution in [0.1, 0.15) is 17.3 Å². The third kappa shape index (κ3) is 4.91. The largest absolute Gasteiger partial charge is 0.449 e. The van der Waals surface area contributed by atoms with Crippen LogP contribution in [0.2, 0.25) is 10.0 Å². The molecule has 9 heteroatoms. The van der Waals surface area contributed by atoms with E-state index in [1.807, 2.05) is 0 Å². The molecule has 25 heavy (non-hydrogen) atoms. The molecule has 7 nitrogen and oxygen atoms in total. The molecule has 0 saturated carbocycles. The molecule has 0 aromatic heterocycles. The second-order valence-corrected chi connectivity index (χ2v) is 5.81. The average Bonchev–Trinajstić information content (AvgIpc) is 2.57. The Balaban J connectivity index is 2.01. The van der Waals surface area contributed by atoms with E-state index in [-0.39, 0.29) is 16.3 Å². The molecule has 1 amide bonds. The lowest BCUT2D eigenvalue weighted by Gasteiger charge is -2.14. The fraction of sp³-hybridized carbons (Fsp3) is 0.125. The smallest absolute Gasteiger partial charge is 0.340 e. The summed E-state index contributed by atoms with van der Waals surface area (Å²) >= 11 is 11.7. The van der Waals surface area contributed by atoms with Crippen LogP contribution < -0.4 is 5.32 Å². The number of esters is 1. The molecule has 0 radical (unpaired) electrons. The highest BCUT2D eigenvalue weighted by atomic mass is 35.5. The third-order valence-electron chi connectivity index (χ3n) is 3.15. The maximum absolute atomic E-state index is 12.1. The van der Waals surface area contributed by atoms with Crippen LogP contribution in [0.4, 0.5) is 11.4 Å². The number of hydrogen-bond acceptors (Lipinski definition) is 5. The van der Waals surface area contributed by atoms with Gasteiger partial charge in [-0.3, -0.25) is 14.9 Å². The van der Waals surface area contributed by atoms with E-state index in [9.17, 15) is 19.7 Å². The third-order valence-corrected chi connectivity index (χ3v) is 3.71. The summed E-state index contributed by atoms with van der Waals surface area (Å²) in [5, 5.41) is 13.5. The summed E-state index contributed by atoms with van der Waals surface area (Å²) in [6.07, 6.45) is -1.11. The number of anilines is 1.